The third-order valence-electron chi connectivity index (χ3n) is 3.62. The Labute approximate surface area is 129 Å². The fraction of sp³-hybridized carbons (Fsp3) is 0. The maximum atomic E-state index is 12.2. The molecule has 0 fully saturated rings. The summed E-state index contributed by atoms with van der Waals surface area (Å²) in [6.45, 7) is 0. The van der Waals surface area contributed by atoms with Crippen LogP contribution in [-0.2, 0) is 4.79 Å². The van der Waals surface area contributed by atoms with E-state index < -0.39 is 0 Å². The zero-order valence-corrected chi connectivity index (χ0v) is 12.6. The molecular weight excluding hydrogens is 328 g/mol. The van der Waals surface area contributed by atoms with Crippen molar-refractivity contribution in [3.63, 3.8) is 0 Å². The van der Waals surface area contributed by atoms with E-state index in [-0.39, 0.29) is 5.91 Å². The third-order valence-corrected chi connectivity index (χ3v) is 4.11. The molecule has 1 amide bonds. The molecule has 4 heteroatoms. The van der Waals surface area contributed by atoms with Gasteiger partial charge in [-0.2, -0.15) is 0 Å². The maximum Gasteiger partial charge on any atom is 0.256 e. The van der Waals surface area contributed by atoms with Gasteiger partial charge in [0, 0.05) is 26.9 Å². The average molecular weight is 339 g/mol. The van der Waals surface area contributed by atoms with E-state index in [9.17, 15) is 4.79 Å². The first-order chi connectivity index (χ1) is 10.2. The monoisotopic (exact) mass is 338 g/mol. The van der Waals surface area contributed by atoms with Gasteiger partial charge in [0.1, 0.15) is 0 Å². The van der Waals surface area contributed by atoms with Crippen LogP contribution in [0, 0.1) is 0 Å². The smallest absolute Gasteiger partial charge is 0.256 e. The molecule has 0 aliphatic carbocycles. The number of carbonyl (C=O) groups excluding carboxylic acids is 1. The number of anilines is 1. The van der Waals surface area contributed by atoms with E-state index in [1.165, 1.54) is 0 Å². The van der Waals surface area contributed by atoms with Gasteiger partial charge in [-0.15, -0.1) is 0 Å². The van der Waals surface area contributed by atoms with E-state index in [1.54, 1.807) is 0 Å². The number of aromatic nitrogens is 1. The number of hydrogen-bond donors (Lipinski definition) is 2. The summed E-state index contributed by atoms with van der Waals surface area (Å²) in [5.74, 6) is -0.0678. The molecule has 0 bridgehead atoms. The molecule has 1 aliphatic heterocycles. The first-order valence-electron chi connectivity index (χ1n) is 6.61. The summed E-state index contributed by atoms with van der Waals surface area (Å²) >= 11 is 3.45. The summed E-state index contributed by atoms with van der Waals surface area (Å²) in [6, 6.07) is 15.9. The van der Waals surface area contributed by atoms with Crippen LogP contribution in [0.1, 0.15) is 11.3 Å². The highest BCUT2D eigenvalue weighted by molar-refractivity contribution is 9.10. The van der Waals surface area contributed by atoms with Gasteiger partial charge in [0.25, 0.3) is 5.91 Å². The molecule has 0 atom stereocenters. The summed E-state index contributed by atoms with van der Waals surface area (Å²) in [5, 5.41) is 4.02. The van der Waals surface area contributed by atoms with Crippen molar-refractivity contribution in [1.82, 2.24) is 4.98 Å². The first-order valence-corrected chi connectivity index (χ1v) is 7.41. The van der Waals surface area contributed by atoms with Crippen LogP contribution in [-0.4, -0.2) is 10.9 Å². The fourth-order valence-corrected chi connectivity index (χ4v) is 2.99. The lowest BCUT2D eigenvalue weighted by Gasteiger charge is -1.98. The van der Waals surface area contributed by atoms with E-state index >= 15 is 0 Å². The number of aromatic amines is 1. The van der Waals surface area contributed by atoms with Crippen molar-refractivity contribution in [2.24, 2.45) is 0 Å². The number of carbonyl (C=O) groups is 1. The van der Waals surface area contributed by atoms with Gasteiger partial charge in [-0.25, -0.2) is 0 Å². The van der Waals surface area contributed by atoms with Crippen molar-refractivity contribution in [3.8, 4) is 0 Å². The number of nitrogens with one attached hydrogen (secondary N) is 2. The lowest BCUT2D eigenvalue weighted by atomic mass is 10.1. The Bertz CT molecular complexity index is 875. The molecule has 1 aliphatic rings. The molecule has 4 rings (SSSR count). The molecular formula is C17H11BrN2O. The van der Waals surface area contributed by atoms with Gasteiger partial charge in [0.2, 0.25) is 0 Å². The number of hydrogen-bond acceptors (Lipinski definition) is 1. The van der Waals surface area contributed by atoms with Gasteiger partial charge in [0.05, 0.1) is 5.57 Å². The third kappa shape index (κ3) is 2.08. The van der Waals surface area contributed by atoms with Crippen LogP contribution >= 0.6 is 15.9 Å². The number of H-pyrrole nitrogens is 1. The van der Waals surface area contributed by atoms with Gasteiger partial charge in [-0.05, 0) is 41.8 Å². The minimum absolute atomic E-state index is 0.0678. The topological polar surface area (TPSA) is 44.9 Å². The van der Waals surface area contributed by atoms with Crippen molar-refractivity contribution in [2.45, 2.75) is 0 Å². The molecule has 2 N–H and O–H groups in total. The van der Waals surface area contributed by atoms with Gasteiger partial charge >= 0.3 is 0 Å². The summed E-state index contributed by atoms with van der Waals surface area (Å²) in [6.07, 6.45) is 1.90. The lowest BCUT2D eigenvalue weighted by molar-refractivity contribution is -0.110. The summed E-state index contributed by atoms with van der Waals surface area (Å²) < 4.78 is 0.959. The normalized spacial score (nSPS) is 15.5. The van der Waals surface area contributed by atoms with Crippen LogP contribution in [0.25, 0.3) is 22.6 Å². The summed E-state index contributed by atoms with van der Waals surface area (Å²) in [7, 11) is 0. The molecule has 0 radical (unpaired) electrons. The van der Waals surface area contributed by atoms with Crippen molar-refractivity contribution in [3.05, 3.63) is 64.3 Å². The van der Waals surface area contributed by atoms with E-state index in [1.807, 2.05) is 54.6 Å². The largest absolute Gasteiger partial charge is 0.355 e. The van der Waals surface area contributed by atoms with Gasteiger partial charge in [0.15, 0.2) is 0 Å². The second-order valence-corrected chi connectivity index (χ2v) is 5.93. The Kier molecular flexibility index (Phi) is 2.72. The van der Waals surface area contributed by atoms with Crippen molar-refractivity contribution >= 4 is 50.1 Å². The highest BCUT2D eigenvalue weighted by atomic mass is 79.9. The van der Waals surface area contributed by atoms with Crippen LogP contribution in [0.4, 0.5) is 5.69 Å². The van der Waals surface area contributed by atoms with Gasteiger partial charge < -0.3 is 10.3 Å². The Morgan fingerprint density at radius 3 is 2.76 bits per heavy atom. The molecule has 3 aromatic rings. The number of rotatable bonds is 1. The van der Waals surface area contributed by atoms with Crippen molar-refractivity contribution in [2.75, 3.05) is 5.32 Å². The van der Waals surface area contributed by atoms with Gasteiger partial charge in [-0.3, -0.25) is 4.79 Å². The molecule has 1 aromatic heterocycles. The highest BCUT2D eigenvalue weighted by Gasteiger charge is 2.24. The molecule has 0 unspecified atom stereocenters. The molecule has 0 saturated heterocycles. The Morgan fingerprint density at radius 2 is 1.90 bits per heavy atom. The first kappa shape index (κ1) is 12.4. The molecule has 21 heavy (non-hydrogen) atoms. The molecule has 0 spiro atoms. The molecule has 2 aromatic carbocycles. The predicted octanol–water partition coefficient (Wildman–Crippen LogP) is 4.42. The Morgan fingerprint density at radius 1 is 1.05 bits per heavy atom. The maximum absolute atomic E-state index is 12.2. The Balaban J connectivity index is 1.86. The number of halogens is 1. The second kappa shape index (κ2) is 4.60. The van der Waals surface area contributed by atoms with Crippen LogP contribution in [0.2, 0.25) is 0 Å². The van der Waals surface area contributed by atoms with Crippen LogP contribution in [0.3, 0.4) is 0 Å². The van der Waals surface area contributed by atoms with Crippen LogP contribution < -0.4 is 5.32 Å². The fourth-order valence-electron chi connectivity index (χ4n) is 2.63. The molecule has 102 valence electrons. The quantitative estimate of drug-likeness (QED) is 0.633. The Hall–Kier alpha value is -2.33. The van der Waals surface area contributed by atoms with Crippen LogP contribution in [0.15, 0.2) is 53.0 Å². The number of amides is 1. The lowest BCUT2D eigenvalue weighted by Crippen LogP contribution is -2.03. The predicted molar refractivity (Wildman–Crippen MR) is 88.9 cm³/mol. The van der Waals surface area contributed by atoms with Crippen LogP contribution in [0.5, 0.6) is 0 Å². The van der Waals surface area contributed by atoms with Gasteiger partial charge in [-0.1, -0.05) is 34.1 Å². The minimum Gasteiger partial charge on any atom is -0.355 e. The molecule has 2 heterocycles. The number of fused-ring (bicyclic) bond motifs is 2. The van der Waals surface area contributed by atoms with Crippen molar-refractivity contribution in [1.29, 1.82) is 0 Å². The summed E-state index contributed by atoms with van der Waals surface area (Å²) in [5.41, 5.74) is 4.45. The average Bonchev–Trinajstić information content (AvgIpc) is 3.01. The van der Waals surface area contributed by atoms with E-state index in [0.29, 0.717) is 5.57 Å². The standard InChI is InChI=1S/C17H11BrN2O/c18-11-5-6-16-13(8-11)14(17(21)20-16)9-12-7-10-3-1-2-4-15(10)19-12/h1-9,19H,(H,20,21)/b14-9-. The zero-order chi connectivity index (χ0) is 14.4. The minimum atomic E-state index is -0.0678. The number of benzene rings is 2. The highest BCUT2D eigenvalue weighted by Crippen LogP contribution is 2.35. The second-order valence-electron chi connectivity index (χ2n) is 5.01. The molecule has 0 saturated carbocycles. The van der Waals surface area contributed by atoms with E-state index in [0.717, 1.165) is 32.3 Å². The molecule has 3 nitrogen and oxygen atoms in total. The van der Waals surface area contributed by atoms with Crippen molar-refractivity contribution < 1.29 is 4.79 Å². The summed E-state index contributed by atoms with van der Waals surface area (Å²) in [4.78, 5) is 15.5. The van der Waals surface area contributed by atoms with E-state index in [4.69, 9.17) is 0 Å². The zero-order valence-electron chi connectivity index (χ0n) is 11.0. The SMILES string of the molecule is O=C1Nc2ccc(Br)cc2/C1=C/c1cc2ccccc2[nH]1. The van der Waals surface area contributed by atoms with E-state index in [2.05, 4.69) is 26.2 Å². The number of para-hydroxylation sites is 1.